The lowest BCUT2D eigenvalue weighted by Crippen LogP contribution is -2.34. The van der Waals surface area contributed by atoms with Crippen molar-refractivity contribution in [3.8, 4) is 0 Å². The van der Waals surface area contributed by atoms with E-state index in [1.54, 1.807) is 0 Å². The number of piperidine rings is 1. The van der Waals surface area contributed by atoms with Crippen molar-refractivity contribution >= 4 is 29.0 Å². The third kappa shape index (κ3) is 3.19. The molecule has 94 valence electrons. The fraction of sp³-hybridized carbons (Fsp3) is 0.727. The highest BCUT2D eigenvalue weighted by Gasteiger charge is 2.22. The summed E-state index contributed by atoms with van der Waals surface area (Å²) in [7, 11) is 0. The van der Waals surface area contributed by atoms with E-state index < -0.39 is 0 Å². The van der Waals surface area contributed by atoms with Gasteiger partial charge in [0.05, 0.1) is 0 Å². The summed E-state index contributed by atoms with van der Waals surface area (Å²) in [4.78, 5) is 6.30. The maximum absolute atomic E-state index is 5.99. The molecule has 1 aliphatic heterocycles. The van der Waals surface area contributed by atoms with E-state index in [0.717, 1.165) is 19.0 Å². The summed E-state index contributed by atoms with van der Waals surface area (Å²) < 4.78 is 0. The molecule has 6 heteroatoms. The summed E-state index contributed by atoms with van der Waals surface area (Å²) in [5.41, 5.74) is 0. The molecule has 0 spiro atoms. The summed E-state index contributed by atoms with van der Waals surface area (Å²) in [6.07, 6.45) is 4.94. The van der Waals surface area contributed by atoms with E-state index in [9.17, 15) is 0 Å². The highest BCUT2D eigenvalue weighted by Crippen LogP contribution is 2.28. The Hall–Kier alpha value is -0.610. The van der Waals surface area contributed by atoms with Crippen molar-refractivity contribution in [2.75, 3.05) is 18.0 Å². The van der Waals surface area contributed by atoms with Gasteiger partial charge in [0.2, 0.25) is 5.28 Å². The molecule has 17 heavy (non-hydrogen) atoms. The third-order valence-corrected chi connectivity index (χ3v) is 3.62. The summed E-state index contributed by atoms with van der Waals surface area (Å²) in [6.45, 7) is 4.18. The van der Waals surface area contributed by atoms with Gasteiger partial charge in [0.15, 0.2) is 11.0 Å². The highest BCUT2D eigenvalue weighted by atomic mass is 35.5. The topological polar surface area (TPSA) is 41.9 Å². The van der Waals surface area contributed by atoms with Crippen LogP contribution in [0, 0.1) is 5.92 Å². The molecule has 0 N–H and O–H groups in total. The molecule has 1 saturated heterocycles. The van der Waals surface area contributed by atoms with Gasteiger partial charge in [-0.15, -0.1) is 10.2 Å². The van der Waals surface area contributed by atoms with Gasteiger partial charge in [-0.05, 0) is 30.4 Å². The van der Waals surface area contributed by atoms with Crippen LogP contribution in [0.15, 0.2) is 0 Å². The van der Waals surface area contributed by atoms with Crippen molar-refractivity contribution in [3.63, 3.8) is 0 Å². The van der Waals surface area contributed by atoms with Gasteiger partial charge in [-0.1, -0.05) is 31.4 Å². The monoisotopic (exact) mass is 274 g/mol. The minimum atomic E-state index is 0.153. The van der Waals surface area contributed by atoms with Gasteiger partial charge in [0.25, 0.3) is 0 Å². The highest BCUT2D eigenvalue weighted by molar-refractivity contribution is 6.32. The fourth-order valence-electron chi connectivity index (χ4n) is 2.33. The zero-order chi connectivity index (χ0) is 12.3. The Morgan fingerprint density at radius 2 is 1.94 bits per heavy atom. The first kappa shape index (κ1) is 12.8. The van der Waals surface area contributed by atoms with Gasteiger partial charge in [-0.25, -0.2) is 0 Å². The van der Waals surface area contributed by atoms with Crippen LogP contribution in [-0.4, -0.2) is 28.3 Å². The van der Waals surface area contributed by atoms with Crippen molar-refractivity contribution in [1.29, 1.82) is 0 Å². The maximum atomic E-state index is 5.99. The standard InChI is InChI=1S/C11H16Cl2N4/c1-2-3-8-4-6-17(7-5-8)10-9(12)15-16-11(13)14-10/h8H,2-7H2,1H3. The predicted octanol–water partition coefficient (Wildman–Crippen LogP) is 3.19. The van der Waals surface area contributed by atoms with Crippen LogP contribution in [0.3, 0.4) is 0 Å². The summed E-state index contributed by atoms with van der Waals surface area (Å²) >= 11 is 11.7. The quantitative estimate of drug-likeness (QED) is 0.849. The molecule has 0 bridgehead atoms. The van der Waals surface area contributed by atoms with Crippen molar-refractivity contribution in [1.82, 2.24) is 15.2 Å². The molecule has 2 heterocycles. The van der Waals surface area contributed by atoms with Gasteiger partial charge in [-0.3, -0.25) is 0 Å². The summed E-state index contributed by atoms with van der Waals surface area (Å²) in [5.74, 6) is 1.50. The van der Waals surface area contributed by atoms with Gasteiger partial charge in [0.1, 0.15) is 0 Å². The molecule has 0 atom stereocenters. The minimum absolute atomic E-state index is 0.153. The van der Waals surface area contributed by atoms with Crippen LogP contribution in [0.5, 0.6) is 0 Å². The Labute approximate surface area is 111 Å². The summed E-state index contributed by atoms with van der Waals surface area (Å²) in [5, 5.41) is 7.90. The first-order chi connectivity index (χ1) is 8.20. The number of anilines is 1. The molecule has 1 aliphatic rings. The van der Waals surface area contributed by atoms with E-state index in [2.05, 4.69) is 27.0 Å². The van der Waals surface area contributed by atoms with E-state index in [0.29, 0.717) is 11.0 Å². The van der Waals surface area contributed by atoms with E-state index in [-0.39, 0.29) is 5.28 Å². The smallest absolute Gasteiger partial charge is 0.245 e. The van der Waals surface area contributed by atoms with Crippen LogP contribution < -0.4 is 4.90 Å². The SMILES string of the molecule is CCCC1CCN(c2nc(Cl)nnc2Cl)CC1. The molecule has 2 rings (SSSR count). The lowest BCUT2D eigenvalue weighted by atomic mass is 9.92. The Bertz CT molecular complexity index is 378. The lowest BCUT2D eigenvalue weighted by molar-refractivity contribution is 0.377. The number of halogens is 2. The molecular weight excluding hydrogens is 259 g/mol. The fourth-order valence-corrected chi connectivity index (χ4v) is 2.65. The normalized spacial score (nSPS) is 17.5. The predicted molar refractivity (Wildman–Crippen MR) is 69.7 cm³/mol. The molecule has 1 aromatic rings. The van der Waals surface area contributed by atoms with Crippen LogP contribution in [0.2, 0.25) is 10.4 Å². The summed E-state index contributed by atoms with van der Waals surface area (Å²) in [6, 6.07) is 0. The molecular formula is C11H16Cl2N4. The van der Waals surface area contributed by atoms with Crippen molar-refractivity contribution in [2.24, 2.45) is 5.92 Å². The first-order valence-corrected chi connectivity index (χ1v) is 6.77. The van der Waals surface area contributed by atoms with Crippen LogP contribution in [0.25, 0.3) is 0 Å². The van der Waals surface area contributed by atoms with Gasteiger partial charge < -0.3 is 4.90 Å². The maximum Gasteiger partial charge on any atom is 0.245 e. The number of hydrogen-bond donors (Lipinski definition) is 0. The minimum Gasteiger partial charge on any atom is -0.354 e. The number of aromatic nitrogens is 3. The van der Waals surface area contributed by atoms with Crippen LogP contribution >= 0.6 is 23.2 Å². The van der Waals surface area contributed by atoms with Crippen LogP contribution in [0.4, 0.5) is 5.82 Å². The Balaban J connectivity index is 2.02. The van der Waals surface area contributed by atoms with E-state index in [1.165, 1.54) is 25.7 Å². The van der Waals surface area contributed by atoms with Crippen LogP contribution in [-0.2, 0) is 0 Å². The largest absolute Gasteiger partial charge is 0.354 e. The average molecular weight is 275 g/mol. The third-order valence-electron chi connectivity index (χ3n) is 3.21. The second-order valence-corrected chi connectivity index (χ2v) is 5.11. The van der Waals surface area contributed by atoms with E-state index >= 15 is 0 Å². The van der Waals surface area contributed by atoms with Gasteiger partial charge in [0, 0.05) is 13.1 Å². The first-order valence-electron chi connectivity index (χ1n) is 6.01. The second-order valence-electron chi connectivity index (χ2n) is 4.41. The molecule has 0 aromatic carbocycles. The molecule has 0 unspecified atom stereocenters. The number of nitrogens with zero attached hydrogens (tertiary/aromatic N) is 4. The number of rotatable bonds is 3. The van der Waals surface area contributed by atoms with Gasteiger partial charge >= 0.3 is 0 Å². The zero-order valence-electron chi connectivity index (χ0n) is 9.86. The number of hydrogen-bond acceptors (Lipinski definition) is 4. The average Bonchev–Trinajstić information content (AvgIpc) is 2.34. The van der Waals surface area contributed by atoms with Crippen molar-refractivity contribution < 1.29 is 0 Å². The van der Waals surface area contributed by atoms with E-state index in [1.807, 2.05) is 0 Å². The molecule has 0 aliphatic carbocycles. The zero-order valence-corrected chi connectivity index (χ0v) is 11.4. The van der Waals surface area contributed by atoms with Crippen molar-refractivity contribution in [3.05, 3.63) is 10.4 Å². The molecule has 0 amide bonds. The van der Waals surface area contributed by atoms with Crippen molar-refractivity contribution in [2.45, 2.75) is 32.6 Å². The second kappa shape index (κ2) is 5.83. The molecule has 0 radical (unpaired) electrons. The molecule has 1 fully saturated rings. The molecule has 4 nitrogen and oxygen atoms in total. The van der Waals surface area contributed by atoms with E-state index in [4.69, 9.17) is 23.2 Å². The van der Waals surface area contributed by atoms with Crippen LogP contribution in [0.1, 0.15) is 32.6 Å². The molecule has 1 aromatic heterocycles. The van der Waals surface area contributed by atoms with Gasteiger partial charge in [-0.2, -0.15) is 4.98 Å². The Morgan fingerprint density at radius 3 is 2.59 bits per heavy atom. The molecule has 0 saturated carbocycles. The Kier molecular flexibility index (Phi) is 4.40. The Morgan fingerprint density at radius 1 is 1.24 bits per heavy atom. The lowest BCUT2D eigenvalue weighted by Gasteiger charge is -2.32.